The first-order chi connectivity index (χ1) is 9.82. The van der Waals surface area contributed by atoms with Gasteiger partial charge in [0.2, 0.25) is 0 Å². The van der Waals surface area contributed by atoms with E-state index in [1.165, 1.54) is 0 Å². The molecule has 0 saturated heterocycles. The quantitative estimate of drug-likeness (QED) is 0.919. The molecule has 1 N–H and O–H groups in total. The first-order valence-corrected chi connectivity index (χ1v) is 7.51. The Morgan fingerprint density at radius 1 is 1.24 bits per heavy atom. The van der Waals surface area contributed by atoms with Crippen molar-refractivity contribution < 1.29 is 4.74 Å². The Morgan fingerprint density at radius 2 is 1.86 bits per heavy atom. The molecule has 1 heterocycles. The molecule has 0 spiro atoms. The van der Waals surface area contributed by atoms with Crippen LogP contribution in [0.2, 0.25) is 0 Å². The number of ether oxygens (including phenoxy) is 1. The molecule has 2 rings (SSSR count). The highest BCUT2D eigenvalue weighted by molar-refractivity contribution is 9.10. The minimum atomic E-state index is -0.210. The van der Waals surface area contributed by atoms with Crippen LogP contribution in [0, 0.1) is 0 Å². The van der Waals surface area contributed by atoms with Gasteiger partial charge in [-0.25, -0.2) is 4.98 Å². The number of hydrogen-bond donors (Lipinski definition) is 1. The summed E-state index contributed by atoms with van der Waals surface area (Å²) >= 11 is 3.33. The van der Waals surface area contributed by atoms with Gasteiger partial charge in [-0.1, -0.05) is 45.0 Å². The third kappa shape index (κ3) is 3.60. The first kappa shape index (κ1) is 15.9. The number of H-pyrrole nitrogens is 1. The van der Waals surface area contributed by atoms with Crippen molar-refractivity contribution in [2.75, 3.05) is 7.11 Å². The van der Waals surface area contributed by atoms with Gasteiger partial charge in [0, 0.05) is 18.1 Å². The predicted molar refractivity (Wildman–Crippen MR) is 87.4 cm³/mol. The number of aromatic nitrogens is 2. The third-order valence-corrected chi connectivity index (χ3v) is 3.85. The molecule has 21 heavy (non-hydrogen) atoms. The summed E-state index contributed by atoms with van der Waals surface area (Å²) in [4.78, 5) is 19.5. The predicted octanol–water partition coefficient (Wildman–Crippen LogP) is 3.64. The maximum atomic E-state index is 12.1. The fraction of sp³-hybridized carbons (Fsp3) is 0.375. The summed E-state index contributed by atoms with van der Waals surface area (Å²) in [6.07, 6.45) is 0. The van der Waals surface area contributed by atoms with Gasteiger partial charge in [-0.05, 0) is 21.5 Å². The summed E-state index contributed by atoms with van der Waals surface area (Å²) in [5.41, 5.74) is 2.34. The lowest BCUT2D eigenvalue weighted by Crippen LogP contribution is -2.22. The summed E-state index contributed by atoms with van der Waals surface area (Å²) in [7, 11) is 1.66. The van der Waals surface area contributed by atoms with E-state index in [0.29, 0.717) is 16.9 Å². The van der Waals surface area contributed by atoms with Gasteiger partial charge in [0.25, 0.3) is 5.56 Å². The summed E-state index contributed by atoms with van der Waals surface area (Å²) in [6, 6.07) is 7.81. The zero-order valence-corrected chi connectivity index (χ0v) is 14.2. The summed E-state index contributed by atoms with van der Waals surface area (Å²) in [5.74, 6) is 0.581. The van der Waals surface area contributed by atoms with E-state index in [0.717, 1.165) is 16.8 Å². The molecule has 0 aliphatic rings. The Labute approximate surface area is 132 Å². The molecule has 0 radical (unpaired) electrons. The average molecular weight is 351 g/mol. The second kappa shape index (κ2) is 6.12. The molecule has 0 atom stereocenters. The van der Waals surface area contributed by atoms with Gasteiger partial charge >= 0.3 is 0 Å². The molecule has 0 bridgehead atoms. The van der Waals surface area contributed by atoms with Gasteiger partial charge in [-0.3, -0.25) is 4.79 Å². The number of benzene rings is 1. The normalized spacial score (nSPS) is 11.7. The summed E-state index contributed by atoms with van der Waals surface area (Å²) < 4.78 is 5.59. The highest BCUT2D eigenvalue weighted by atomic mass is 79.9. The van der Waals surface area contributed by atoms with E-state index < -0.39 is 0 Å². The molecule has 0 aliphatic heterocycles. The standard InChI is InChI=1S/C16H19BrN2O2/c1-16(2,3)13-12(17)15(20)19-14(18-13)11-7-5-10(6-8-11)9-21-4/h5-8H,9H2,1-4H3,(H,18,19,20). The number of nitrogens with one attached hydrogen (secondary N) is 1. The zero-order valence-electron chi connectivity index (χ0n) is 12.7. The highest BCUT2D eigenvalue weighted by Gasteiger charge is 2.22. The van der Waals surface area contributed by atoms with Gasteiger partial charge in [-0.15, -0.1) is 0 Å². The van der Waals surface area contributed by atoms with Crippen LogP contribution >= 0.6 is 15.9 Å². The number of nitrogens with zero attached hydrogens (tertiary/aromatic N) is 1. The van der Waals surface area contributed by atoms with Gasteiger partial charge in [0.05, 0.1) is 12.3 Å². The van der Waals surface area contributed by atoms with Crippen LogP contribution in [0.5, 0.6) is 0 Å². The van der Waals surface area contributed by atoms with Crippen LogP contribution in [0.1, 0.15) is 32.0 Å². The van der Waals surface area contributed by atoms with Crippen molar-refractivity contribution in [2.24, 2.45) is 0 Å². The largest absolute Gasteiger partial charge is 0.380 e. The van der Waals surface area contributed by atoms with Crippen LogP contribution in [0.3, 0.4) is 0 Å². The Kier molecular flexibility index (Phi) is 4.64. The Hall–Kier alpha value is -1.46. The number of rotatable bonds is 3. The van der Waals surface area contributed by atoms with Crippen molar-refractivity contribution in [1.82, 2.24) is 9.97 Å². The third-order valence-electron chi connectivity index (χ3n) is 3.11. The van der Waals surface area contributed by atoms with Gasteiger partial charge in [0.15, 0.2) is 0 Å². The molecule has 0 fully saturated rings. The van der Waals surface area contributed by atoms with Crippen molar-refractivity contribution in [3.63, 3.8) is 0 Å². The van der Waals surface area contributed by atoms with E-state index in [9.17, 15) is 4.79 Å². The van der Waals surface area contributed by atoms with Crippen molar-refractivity contribution in [3.05, 3.63) is 50.3 Å². The molecule has 1 aromatic heterocycles. The lowest BCUT2D eigenvalue weighted by molar-refractivity contribution is 0.185. The average Bonchev–Trinajstić information content (AvgIpc) is 2.41. The second-order valence-corrected chi connectivity index (χ2v) is 6.75. The molecule has 2 aromatic rings. The fourth-order valence-electron chi connectivity index (χ4n) is 2.02. The maximum Gasteiger partial charge on any atom is 0.265 e. The number of methoxy groups -OCH3 is 1. The number of aromatic amines is 1. The van der Waals surface area contributed by atoms with E-state index in [4.69, 9.17) is 4.74 Å². The van der Waals surface area contributed by atoms with Crippen molar-refractivity contribution in [2.45, 2.75) is 32.8 Å². The lowest BCUT2D eigenvalue weighted by atomic mass is 9.92. The zero-order chi connectivity index (χ0) is 15.6. The minimum absolute atomic E-state index is 0.161. The molecular weight excluding hydrogens is 332 g/mol. The molecule has 0 saturated carbocycles. The first-order valence-electron chi connectivity index (χ1n) is 6.71. The minimum Gasteiger partial charge on any atom is -0.380 e. The van der Waals surface area contributed by atoms with Crippen LogP contribution in [0.4, 0.5) is 0 Å². The molecule has 0 aliphatic carbocycles. The summed E-state index contributed by atoms with van der Waals surface area (Å²) in [5, 5.41) is 0. The molecule has 0 unspecified atom stereocenters. The molecule has 0 amide bonds. The lowest BCUT2D eigenvalue weighted by Gasteiger charge is -2.19. The van der Waals surface area contributed by atoms with Gasteiger partial charge in [0.1, 0.15) is 10.3 Å². The molecule has 4 nitrogen and oxygen atoms in total. The highest BCUT2D eigenvalue weighted by Crippen LogP contribution is 2.27. The fourth-order valence-corrected chi connectivity index (χ4v) is 2.80. The van der Waals surface area contributed by atoms with Crippen molar-refractivity contribution in [3.8, 4) is 11.4 Å². The summed E-state index contributed by atoms with van der Waals surface area (Å²) in [6.45, 7) is 6.67. The molecule has 1 aromatic carbocycles. The second-order valence-electron chi connectivity index (χ2n) is 5.96. The topological polar surface area (TPSA) is 55.0 Å². The van der Waals surface area contributed by atoms with E-state index in [-0.39, 0.29) is 11.0 Å². The van der Waals surface area contributed by atoms with Crippen LogP contribution in [-0.2, 0) is 16.8 Å². The Morgan fingerprint density at radius 3 is 2.38 bits per heavy atom. The smallest absolute Gasteiger partial charge is 0.265 e. The SMILES string of the molecule is COCc1ccc(-c2nc(C(C)(C)C)c(Br)c(=O)[nH]2)cc1. The van der Waals surface area contributed by atoms with Crippen LogP contribution in [0.15, 0.2) is 33.5 Å². The van der Waals surface area contributed by atoms with Crippen molar-refractivity contribution in [1.29, 1.82) is 0 Å². The number of halogens is 1. The van der Waals surface area contributed by atoms with Gasteiger partial charge in [-0.2, -0.15) is 0 Å². The molecule has 5 heteroatoms. The van der Waals surface area contributed by atoms with Crippen LogP contribution in [-0.4, -0.2) is 17.1 Å². The Bertz CT molecular complexity index is 685. The van der Waals surface area contributed by atoms with Gasteiger partial charge < -0.3 is 9.72 Å². The Balaban J connectivity index is 2.49. The van der Waals surface area contributed by atoms with Crippen LogP contribution in [0.25, 0.3) is 11.4 Å². The van der Waals surface area contributed by atoms with E-state index in [1.54, 1.807) is 7.11 Å². The monoisotopic (exact) mass is 350 g/mol. The molecular formula is C16H19BrN2O2. The van der Waals surface area contributed by atoms with E-state index >= 15 is 0 Å². The number of hydrogen-bond acceptors (Lipinski definition) is 3. The molecule has 112 valence electrons. The maximum absolute atomic E-state index is 12.1. The van der Waals surface area contributed by atoms with Crippen LogP contribution < -0.4 is 5.56 Å². The van der Waals surface area contributed by atoms with Crippen molar-refractivity contribution >= 4 is 15.9 Å². The van der Waals surface area contributed by atoms with E-state index in [2.05, 4.69) is 25.9 Å². The van der Waals surface area contributed by atoms with E-state index in [1.807, 2.05) is 45.0 Å².